The molecule has 0 aliphatic carbocycles. The van der Waals surface area contributed by atoms with E-state index in [-0.39, 0.29) is 10.1 Å². The molecular formula is C11H16BrNO4S2. The third-order valence-electron chi connectivity index (χ3n) is 2.78. The number of esters is 1. The van der Waals surface area contributed by atoms with Crippen molar-refractivity contribution in [3.05, 3.63) is 15.9 Å². The highest BCUT2D eigenvalue weighted by Crippen LogP contribution is 2.28. The molecule has 0 amide bonds. The van der Waals surface area contributed by atoms with Crippen LogP contribution in [0.2, 0.25) is 0 Å². The van der Waals surface area contributed by atoms with Crippen LogP contribution < -0.4 is 4.72 Å². The lowest BCUT2D eigenvalue weighted by Crippen LogP contribution is -2.45. The average Bonchev–Trinajstić information content (AvgIpc) is 2.81. The van der Waals surface area contributed by atoms with Crippen molar-refractivity contribution < 1.29 is 17.9 Å². The van der Waals surface area contributed by atoms with Gasteiger partial charge in [-0.2, -0.15) is 4.72 Å². The van der Waals surface area contributed by atoms with Crippen LogP contribution in [0.25, 0.3) is 0 Å². The molecule has 0 aliphatic rings. The van der Waals surface area contributed by atoms with Crippen molar-refractivity contribution in [1.82, 2.24) is 4.72 Å². The molecule has 0 spiro atoms. The summed E-state index contributed by atoms with van der Waals surface area (Å²) < 4.78 is 32.2. The van der Waals surface area contributed by atoms with Crippen molar-refractivity contribution in [1.29, 1.82) is 0 Å². The van der Waals surface area contributed by atoms with Gasteiger partial charge < -0.3 is 4.74 Å². The Bertz CT molecular complexity index is 541. The zero-order chi connectivity index (χ0) is 14.6. The Morgan fingerprint density at radius 3 is 2.63 bits per heavy atom. The summed E-state index contributed by atoms with van der Waals surface area (Å²) in [6.45, 7) is 3.68. The van der Waals surface area contributed by atoms with Gasteiger partial charge in [0.25, 0.3) is 10.0 Å². The van der Waals surface area contributed by atoms with Gasteiger partial charge in [0.1, 0.15) is 10.3 Å². The van der Waals surface area contributed by atoms with Crippen molar-refractivity contribution in [3.63, 3.8) is 0 Å². The summed E-state index contributed by atoms with van der Waals surface area (Å²) in [6.07, 6.45) is 0.661. The number of hydrogen-bond donors (Lipinski definition) is 1. The van der Waals surface area contributed by atoms with Crippen LogP contribution in [0.15, 0.2) is 20.1 Å². The van der Waals surface area contributed by atoms with Crippen LogP contribution in [0.1, 0.15) is 20.3 Å². The van der Waals surface area contributed by atoms with Crippen molar-refractivity contribution >= 4 is 43.3 Å². The van der Waals surface area contributed by atoms with Crippen LogP contribution in [-0.2, 0) is 19.6 Å². The summed E-state index contributed by atoms with van der Waals surface area (Å²) in [7, 11) is -2.49. The molecule has 0 aromatic carbocycles. The topological polar surface area (TPSA) is 72.5 Å². The number of rotatable bonds is 6. The van der Waals surface area contributed by atoms with Gasteiger partial charge in [0.05, 0.1) is 7.11 Å². The summed E-state index contributed by atoms with van der Waals surface area (Å²) in [5.41, 5.74) is 0. The molecule has 5 nitrogen and oxygen atoms in total. The maximum absolute atomic E-state index is 12.2. The number of halogens is 1. The summed E-state index contributed by atoms with van der Waals surface area (Å²) in [5, 5.41) is 1.66. The SMILES string of the molecule is CCC(C)C(NS(=O)(=O)c1sccc1Br)C(=O)OC. The Morgan fingerprint density at radius 1 is 1.58 bits per heavy atom. The summed E-state index contributed by atoms with van der Waals surface area (Å²) in [6, 6.07) is 0.768. The minimum Gasteiger partial charge on any atom is -0.468 e. The smallest absolute Gasteiger partial charge is 0.324 e. The molecule has 0 bridgehead atoms. The zero-order valence-corrected chi connectivity index (χ0v) is 14.1. The second kappa shape index (κ2) is 6.83. The van der Waals surface area contributed by atoms with Crippen LogP contribution in [0.4, 0.5) is 0 Å². The van der Waals surface area contributed by atoms with E-state index in [1.54, 1.807) is 18.4 Å². The van der Waals surface area contributed by atoms with Gasteiger partial charge in [-0.15, -0.1) is 11.3 Å². The van der Waals surface area contributed by atoms with Crippen LogP contribution in [0, 0.1) is 5.92 Å². The molecule has 0 saturated heterocycles. The summed E-state index contributed by atoms with van der Waals surface area (Å²) >= 11 is 4.26. The van der Waals surface area contributed by atoms with E-state index in [0.717, 1.165) is 11.3 Å². The average molecular weight is 370 g/mol. The van der Waals surface area contributed by atoms with E-state index >= 15 is 0 Å². The quantitative estimate of drug-likeness (QED) is 0.781. The highest BCUT2D eigenvalue weighted by atomic mass is 79.9. The van der Waals surface area contributed by atoms with Gasteiger partial charge >= 0.3 is 5.97 Å². The molecule has 2 unspecified atom stereocenters. The Morgan fingerprint density at radius 2 is 2.21 bits per heavy atom. The number of carbonyl (C=O) groups is 1. The third-order valence-corrected chi connectivity index (χ3v) is 6.89. The molecule has 0 fully saturated rings. The van der Waals surface area contributed by atoms with Crippen LogP contribution >= 0.6 is 27.3 Å². The Labute approximate surface area is 125 Å². The van der Waals surface area contributed by atoms with Crippen molar-refractivity contribution in [3.8, 4) is 0 Å². The molecule has 0 saturated carbocycles. The first-order valence-electron chi connectivity index (χ1n) is 5.66. The fourth-order valence-corrected chi connectivity index (χ4v) is 5.10. The molecule has 8 heteroatoms. The highest BCUT2D eigenvalue weighted by molar-refractivity contribution is 9.10. The largest absolute Gasteiger partial charge is 0.468 e. The first-order valence-corrected chi connectivity index (χ1v) is 8.82. The predicted octanol–water partition coefficient (Wildman–Crippen LogP) is 2.38. The molecule has 108 valence electrons. The molecule has 19 heavy (non-hydrogen) atoms. The first-order chi connectivity index (χ1) is 8.83. The maximum atomic E-state index is 12.2. The third kappa shape index (κ3) is 4.01. The Hall–Kier alpha value is -0.440. The van der Waals surface area contributed by atoms with E-state index in [9.17, 15) is 13.2 Å². The lowest BCUT2D eigenvalue weighted by Gasteiger charge is -2.21. The standard InChI is InChI=1S/C11H16BrNO4S2/c1-4-7(2)9(10(14)17-3)13-19(15,16)11-8(12)5-6-18-11/h5-7,9,13H,4H2,1-3H3. The normalized spacial score (nSPS) is 14.9. The maximum Gasteiger partial charge on any atom is 0.324 e. The van der Waals surface area contributed by atoms with E-state index < -0.39 is 22.0 Å². The minimum absolute atomic E-state index is 0.152. The number of methoxy groups -OCH3 is 1. The molecule has 0 radical (unpaired) electrons. The molecular weight excluding hydrogens is 354 g/mol. The molecule has 0 aliphatic heterocycles. The molecule has 1 heterocycles. The molecule has 1 aromatic rings. The number of thiophene rings is 1. The Balaban J connectivity index is 3.03. The molecule has 1 aromatic heterocycles. The number of sulfonamides is 1. The predicted molar refractivity (Wildman–Crippen MR) is 77.6 cm³/mol. The fourth-order valence-electron chi connectivity index (χ4n) is 1.45. The van der Waals surface area contributed by atoms with E-state index in [0.29, 0.717) is 10.9 Å². The van der Waals surface area contributed by atoms with Gasteiger partial charge in [-0.05, 0) is 33.3 Å². The number of ether oxygens (including phenoxy) is 1. The van der Waals surface area contributed by atoms with E-state index in [4.69, 9.17) is 0 Å². The van der Waals surface area contributed by atoms with E-state index in [1.807, 2.05) is 6.92 Å². The minimum atomic E-state index is -3.74. The fraction of sp³-hybridized carbons (Fsp3) is 0.545. The molecule has 1 N–H and O–H groups in total. The number of hydrogen-bond acceptors (Lipinski definition) is 5. The summed E-state index contributed by atoms with van der Waals surface area (Å²) in [5.74, 6) is -0.730. The lowest BCUT2D eigenvalue weighted by molar-refractivity contribution is -0.143. The van der Waals surface area contributed by atoms with Gasteiger partial charge in [0.2, 0.25) is 0 Å². The molecule has 1 rings (SSSR count). The van der Waals surface area contributed by atoms with Crippen LogP contribution in [-0.4, -0.2) is 27.5 Å². The van der Waals surface area contributed by atoms with E-state index in [2.05, 4.69) is 25.4 Å². The number of nitrogens with one attached hydrogen (secondary N) is 1. The van der Waals surface area contributed by atoms with Crippen LogP contribution in [0.3, 0.4) is 0 Å². The van der Waals surface area contributed by atoms with Crippen LogP contribution in [0.5, 0.6) is 0 Å². The van der Waals surface area contributed by atoms with Gasteiger partial charge in [-0.1, -0.05) is 20.3 Å². The second-order valence-corrected chi connectivity index (χ2v) is 7.74. The molecule has 2 atom stereocenters. The zero-order valence-electron chi connectivity index (χ0n) is 10.8. The van der Waals surface area contributed by atoms with Crippen molar-refractivity contribution in [2.75, 3.05) is 7.11 Å². The second-order valence-electron chi connectivity index (χ2n) is 4.06. The van der Waals surface area contributed by atoms with Crippen molar-refractivity contribution in [2.24, 2.45) is 5.92 Å². The first kappa shape index (κ1) is 16.6. The van der Waals surface area contributed by atoms with Gasteiger partial charge in [-0.3, -0.25) is 4.79 Å². The van der Waals surface area contributed by atoms with Crippen molar-refractivity contribution in [2.45, 2.75) is 30.5 Å². The Kier molecular flexibility index (Phi) is 5.97. The highest BCUT2D eigenvalue weighted by Gasteiger charge is 2.31. The number of carbonyl (C=O) groups excluding carboxylic acids is 1. The monoisotopic (exact) mass is 369 g/mol. The summed E-state index contributed by atoms with van der Waals surface area (Å²) in [4.78, 5) is 11.7. The van der Waals surface area contributed by atoms with Gasteiger partial charge in [0, 0.05) is 4.47 Å². The van der Waals surface area contributed by atoms with E-state index in [1.165, 1.54) is 7.11 Å². The van der Waals surface area contributed by atoms with Gasteiger partial charge in [-0.25, -0.2) is 8.42 Å². The van der Waals surface area contributed by atoms with Gasteiger partial charge in [0.15, 0.2) is 0 Å². The lowest BCUT2D eigenvalue weighted by atomic mass is 10.0.